The number of carbonyl (C=O) groups is 2. The average molecular weight is 204 g/mol. The van der Waals surface area contributed by atoms with E-state index in [2.05, 4.69) is 5.32 Å². The van der Waals surface area contributed by atoms with E-state index in [1.54, 1.807) is 0 Å². The average Bonchev–Trinajstić information content (AvgIpc) is 2.11. The van der Waals surface area contributed by atoms with Gasteiger partial charge >= 0.3 is 11.9 Å². The van der Waals surface area contributed by atoms with Crippen LogP contribution in [0.15, 0.2) is 0 Å². The topological polar surface area (TPSA) is 113 Å². The van der Waals surface area contributed by atoms with E-state index >= 15 is 0 Å². The summed E-state index contributed by atoms with van der Waals surface area (Å²) in [5, 5.41) is 19.7. The number of nitrogens with one attached hydrogen (secondary N) is 1. The highest BCUT2D eigenvalue weighted by molar-refractivity contribution is 5.73. The van der Waals surface area contributed by atoms with Crippen LogP contribution in [0.3, 0.4) is 0 Å². The Morgan fingerprint density at radius 2 is 1.93 bits per heavy atom. The van der Waals surface area contributed by atoms with Crippen molar-refractivity contribution in [3.8, 4) is 0 Å². The van der Waals surface area contributed by atoms with Gasteiger partial charge < -0.3 is 21.3 Å². The van der Waals surface area contributed by atoms with E-state index in [1.165, 1.54) is 6.92 Å². The number of nitrogens with two attached hydrogens (primary N) is 1. The van der Waals surface area contributed by atoms with Crippen LogP contribution >= 0.6 is 0 Å². The molecule has 0 aliphatic rings. The van der Waals surface area contributed by atoms with Crippen LogP contribution in [0.4, 0.5) is 0 Å². The fourth-order valence-electron chi connectivity index (χ4n) is 0.851. The summed E-state index contributed by atoms with van der Waals surface area (Å²) in [5.74, 6) is -1.95. The van der Waals surface area contributed by atoms with Crippen LogP contribution in [0.2, 0.25) is 0 Å². The van der Waals surface area contributed by atoms with Crippen LogP contribution in [0, 0.1) is 0 Å². The Kier molecular flexibility index (Phi) is 5.82. The van der Waals surface area contributed by atoms with Crippen molar-refractivity contribution < 1.29 is 19.8 Å². The predicted molar refractivity (Wildman–Crippen MR) is 49.9 cm³/mol. The van der Waals surface area contributed by atoms with Gasteiger partial charge in [-0.3, -0.25) is 9.59 Å². The second kappa shape index (κ2) is 6.33. The van der Waals surface area contributed by atoms with Gasteiger partial charge in [0.25, 0.3) is 0 Å². The Hall–Kier alpha value is -1.14. The highest BCUT2D eigenvalue weighted by atomic mass is 16.4. The maximum atomic E-state index is 10.4. The van der Waals surface area contributed by atoms with Crippen LogP contribution in [-0.2, 0) is 9.59 Å². The van der Waals surface area contributed by atoms with Gasteiger partial charge in [-0.1, -0.05) is 0 Å². The molecular weight excluding hydrogens is 188 g/mol. The van der Waals surface area contributed by atoms with Gasteiger partial charge in [0.2, 0.25) is 0 Å². The molecule has 0 aliphatic heterocycles. The first kappa shape index (κ1) is 12.9. The molecule has 5 N–H and O–H groups in total. The van der Waals surface area contributed by atoms with E-state index in [1.807, 2.05) is 0 Å². The van der Waals surface area contributed by atoms with E-state index < -0.39 is 24.0 Å². The lowest BCUT2D eigenvalue weighted by atomic mass is 10.1. The Morgan fingerprint density at radius 3 is 2.36 bits per heavy atom. The normalized spacial score (nSPS) is 14.7. The third-order valence-electron chi connectivity index (χ3n) is 1.83. The fourth-order valence-corrected chi connectivity index (χ4v) is 0.851. The summed E-state index contributed by atoms with van der Waals surface area (Å²) in [6.07, 6.45) is 0.889. The molecule has 6 nitrogen and oxygen atoms in total. The first-order valence-corrected chi connectivity index (χ1v) is 4.39. The number of aliphatic carboxylic acids is 2. The zero-order valence-corrected chi connectivity index (χ0v) is 8.06. The maximum absolute atomic E-state index is 10.4. The molecular formula is C8H16N2O4. The number of hydrogen-bond donors (Lipinski definition) is 4. The van der Waals surface area contributed by atoms with Crippen LogP contribution in [0.5, 0.6) is 0 Å². The second-order valence-corrected chi connectivity index (χ2v) is 3.10. The lowest BCUT2D eigenvalue weighted by molar-refractivity contribution is -0.140. The zero-order chi connectivity index (χ0) is 11.1. The van der Waals surface area contributed by atoms with Gasteiger partial charge in [0.05, 0.1) is 0 Å². The minimum absolute atomic E-state index is 0.342. The fraction of sp³-hybridized carbons (Fsp3) is 0.750. The molecule has 6 heteroatoms. The monoisotopic (exact) mass is 204 g/mol. The van der Waals surface area contributed by atoms with Crippen molar-refractivity contribution >= 4 is 11.9 Å². The molecule has 0 heterocycles. The molecule has 82 valence electrons. The minimum Gasteiger partial charge on any atom is -0.480 e. The van der Waals surface area contributed by atoms with Gasteiger partial charge in [0.15, 0.2) is 0 Å². The number of carboxylic acid groups (broad SMARTS) is 2. The highest BCUT2D eigenvalue weighted by Crippen LogP contribution is 1.93. The molecule has 0 fully saturated rings. The molecule has 2 atom stereocenters. The third kappa shape index (κ3) is 5.50. The summed E-state index contributed by atoms with van der Waals surface area (Å²) < 4.78 is 0. The molecule has 0 aromatic rings. The summed E-state index contributed by atoms with van der Waals surface area (Å²) in [6.45, 7) is 1.98. The molecule has 0 saturated heterocycles. The van der Waals surface area contributed by atoms with Crippen molar-refractivity contribution in [1.29, 1.82) is 0 Å². The standard InChI is InChI=1S/C8H16N2O4/c1-5(7(11)12)10-4-2-3-6(9)8(13)14/h5-6,10H,2-4,9H2,1H3,(H,11,12)(H,13,14)/t5?,6-/m0/s1. The third-order valence-corrected chi connectivity index (χ3v) is 1.83. The summed E-state index contributed by atoms with van der Waals surface area (Å²) in [6, 6.07) is -1.48. The molecule has 0 aromatic carbocycles. The molecule has 0 saturated carbocycles. The van der Waals surface area contributed by atoms with Crippen molar-refractivity contribution in [2.24, 2.45) is 5.73 Å². The van der Waals surface area contributed by atoms with Gasteiger partial charge in [0, 0.05) is 0 Å². The summed E-state index contributed by atoms with van der Waals surface area (Å²) >= 11 is 0. The zero-order valence-electron chi connectivity index (χ0n) is 8.06. The Labute approximate surface area is 82.1 Å². The summed E-state index contributed by atoms with van der Waals surface area (Å²) in [5.41, 5.74) is 5.25. The van der Waals surface area contributed by atoms with Crippen molar-refractivity contribution in [2.75, 3.05) is 6.54 Å². The van der Waals surface area contributed by atoms with E-state index in [4.69, 9.17) is 15.9 Å². The smallest absolute Gasteiger partial charge is 0.320 e. The lowest BCUT2D eigenvalue weighted by Crippen LogP contribution is -2.36. The van der Waals surface area contributed by atoms with E-state index in [-0.39, 0.29) is 0 Å². The lowest BCUT2D eigenvalue weighted by Gasteiger charge is -2.09. The van der Waals surface area contributed by atoms with Crippen molar-refractivity contribution in [3.63, 3.8) is 0 Å². The molecule has 0 aliphatic carbocycles. The van der Waals surface area contributed by atoms with E-state index in [9.17, 15) is 9.59 Å². The highest BCUT2D eigenvalue weighted by Gasteiger charge is 2.12. The van der Waals surface area contributed by atoms with Gasteiger partial charge in [-0.15, -0.1) is 0 Å². The van der Waals surface area contributed by atoms with Crippen LogP contribution in [-0.4, -0.2) is 40.8 Å². The molecule has 0 amide bonds. The summed E-state index contributed by atoms with van der Waals surface area (Å²) in [4.78, 5) is 20.7. The second-order valence-electron chi connectivity index (χ2n) is 3.10. The first-order chi connectivity index (χ1) is 6.45. The molecule has 0 radical (unpaired) electrons. The first-order valence-electron chi connectivity index (χ1n) is 4.39. The van der Waals surface area contributed by atoms with Gasteiger partial charge in [-0.05, 0) is 26.3 Å². The minimum atomic E-state index is -1.03. The molecule has 1 unspecified atom stereocenters. The van der Waals surface area contributed by atoms with E-state index in [0.29, 0.717) is 19.4 Å². The SMILES string of the molecule is CC(NCCC[C@H](N)C(=O)O)C(=O)O. The predicted octanol–water partition coefficient (Wildman–Crippen LogP) is -0.759. The molecule has 0 rings (SSSR count). The van der Waals surface area contributed by atoms with Gasteiger partial charge in [0.1, 0.15) is 12.1 Å². The molecule has 0 aromatic heterocycles. The number of rotatable bonds is 7. The van der Waals surface area contributed by atoms with E-state index in [0.717, 1.165) is 0 Å². The van der Waals surface area contributed by atoms with Crippen molar-refractivity contribution in [2.45, 2.75) is 31.8 Å². The molecule has 0 bridgehead atoms. The maximum Gasteiger partial charge on any atom is 0.320 e. The van der Waals surface area contributed by atoms with Gasteiger partial charge in [-0.25, -0.2) is 0 Å². The largest absolute Gasteiger partial charge is 0.480 e. The Bertz CT molecular complexity index is 186. The van der Waals surface area contributed by atoms with Crippen molar-refractivity contribution in [3.05, 3.63) is 0 Å². The summed E-state index contributed by atoms with van der Waals surface area (Å²) in [7, 11) is 0. The molecule has 14 heavy (non-hydrogen) atoms. The van der Waals surface area contributed by atoms with Crippen molar-refractivity contribution in [1.82, 2.24) is 5.32 Å². The number of carboxylic acids is 2. The van der Waals surface area contributed by atoms with Gasteiger partial charge in [-0.2, -0.15) is 0 Å². The molecule has 0 spiro atoms. The Morgan fingerprint density at radius 1 is 1.36 bits per heavy atom. The Balaban J connectivity index is 3.47. The quantitative estimate of drug-likeness (QED) is 0.405. The van der Waals surface area contributed by atoms with Crippen LogP contribution in [0.25, 0.3) is 0 Å². The van der Waals surface area contributed by atoms with Crippen LogP contribution in [0.1, 0.15) is 19.8 Å². The van der Waals surface area contributed by atoms with Crippen LogP contribution < -0.4 is 11.1 Å². The number of hydrogen-bond acceptors (Lipinski definition) is 4.